The number of amides is 3. The molecule has 3 amide bonds. The molecule has 2 heterocycles. The maximum Gasteiger partial charge on any atom is 0.416 e. The van der Waals surface area contributed by atoms with E-state index in [9.17, 15) is 22.8 Å². The van der Waals surface area contributed by atoms with Crippen LogP contribution < -0.4 is 15.5 Å². The Labute approximate surface area is 172 Å². The standard InChI is InChI=1S/C21H23F3N4O2/c1-20(2,3)27-19(30)26-17-9-8-16-15(25-17)7-10-18(29)28(16)12-13-5-4-6-14(11-13)21(22,23)24/h4-6,8-9,11H,7,10,12H2,1-3H3,(H2,25,26,27,30). The summed E-state index contributed by atoms with van der Waals surface area (Å²) in [6.07, 6.45) is -3.87. The van der Waals surface area contributed by atoms with E-state index in [1.165, 1.54) is 11.0 Å². The zero-order valence-electron chi connectivity index (χ0n) is 16.9. The van der Waals surface area contributed by atoms with Crippen molar-refractivity contribution in [3.05, 3.63) is 53.2 Å². The smallest absolute Gasteiger partial charge is 0.333 e. The number of aromatic nitrogens is 1. The Morgan fingerprint density at radius 1 is 1.13 bits per heavy atom. The molecule has 9 heteroatoms. The van der Waals surface area contributed by atoms with E-state index in [2.05, 4.69) is 15.6 Å². The van der Waals surface area contributed by atoms with E-state index >= 15 is 0 Å². The summed E-state index contributed by atoms with van der Waals surface area (Å²) in [7, 11) is 0. The molecular weight excluding hydrogens is 397 g/mol. The van der Waals surface area contributed by atoms with Gasteiger partial charge in [-0.15, -0.1) is 0 Å². The molecule has 30 heavy (non-hydrogen) atoms. The number of nitrogens with zero attached hydrogens (tertiary/aromatic N) is 2. The zero-order valence-corrected chi connectivity index (χ0v) is 16.9. The van der Waals surface area contributed by atoms with Gasteiger partial charge in [0.1, 0.15) is 5.82 Å². The van der Waals surface area contributed by atoms with Gasteiger partial charge in [-0.1, -0.05) is 12.1 Å². The number of halogens is 3. The first-order valence-electron chi connectivity index (χ1n) is 9.48. The molecule has 1 aliphatic heterocycles. The lowest BCUT2D eigenvalue weighted by molar-refractivity contribution is -0.137. The van der Waals surface area contributed by atoms with Crippen molar-refractivity contribution in [2.75, 3.05) is 10.2 Å². The lowest BCUT2D eigenvalue weighted by Gasteiger charge is -2.29. The van der Waals surface area contributed by atoms with E-state index in [1.54, 1.807) is 18.2 Å². The van der Waals surface area contributed by atoms with Crippen molar-refractivity contribution < 1.29 is 22.8 Å². The predicted molar refractivity (Wildman–Crippen MR) is 107 cm³/mol. The summed E-state index contributed by atoms with van der Waals surface area (Å²) in [4.78, 5) is 30.4. The second-order valence-electron chi connectivity index (χ2n) is 8.17. The van der Waals surface area contributed by atoms with Gasteiger partial charge in [-0.25, -0.2) is 9.78 Å². The number of hydrogen-bond donors (Lipinski definition) is 2. The van der Waals surface area contributed by atoms with E-state index < -0.39 is 23.3 Å². The molecule has 0 bridgehead atoms. The topological polar surface area (TPSA) is 74.3 Å². The largest absolute Gasteiger partial charge is 0.416 e. The van der Waals surface area contributed by atoms with E-state index in [0.717, 1.165) is 12.1 Å². The number of pyridine rings is 1. The van der Waals surface area contributed by atoms with Crippen LogP contribution in [0.3, 0.4) is 0 Å². The molecule has 1 aromatic carbocycles. The molecular formula is C21H23F3N4O2. The fourth-order valence-electron chi connectivity index (χ4n) is 3.18. The number of nitrogens with one attached hydrogen (secondary N) is 2. The van der Waals surface area contributed by atoms with Crippen molar-refractivity contribution in [2.45, 2.75) is 51.9 Å². The van der Waals surface area contributed by atoms with E-state index in [4.69, 9.17) is 0 Å². The highest BCUT2D eigenvalue weighted by molar-refractivity contribution is 5.96. The second kappa shape index (κ2) is 7.97. The third-order valence-electron chi connectivity index (χ3n) is 4.44. The average Bonchev–Trinajstić information content (AvgIpc) is 2.62. The highest BCUT2D eigenvalue weighted by Crippen LogP contribution is 2.32. The minimum absolute atomic E-state index is 0.00865. The van der Waals surface area contributed by atoms with Gasteiger partial charge in [-0.2, -0.15) is 13.2 Å². The maximum atomic E-state index is 13.0. The summed E-state index contributed by atoms with van der Waals surface area (Å²) in [6, 6.07) is 7.74. The number of aryl methyl sites for hydroxylation is 1. The van der Waals surface area contributed by atoms with Gasteiger partial charge < -0.3 is 10.2 Å². The van der Waals surface area contributed by atoms with Crippen LogP contribution in [0.1, 0.15) is 44.0 Å². The lowest BCUT2D eigenvalue weighted by Crippen LogP contribution is -2.43. The molecule has 0 radical (unpaired) electrons. The minimum atomic E-state index is -4.45. The van der Waals surface area contributed by atoms with Gasteiger partial charge in [0.25, 0.3) is 0 Å². The number of fused-ring (bicyclic) bond motifs is 1. The van der Waals surface area contributed by atoms with E-state index in [0.29, 0.717) is 29.2 Å². The van der Waals surface area contributed by atoms with Crippen molar-refractivity contribution in [3.8, 4) is 0 Å². The van der Waals surface area contributed by atoms with Crippen molar-refractivity contribution in [1.82, 2.24) is 10.3 Å². The highest BCUT2D eigenvalue weighted by Gasteiger charge is 2.31. The number of carbonyl (C=O) groups is 2. The SMILES string of the molecule is CC(C)(C)NC(=O)Nc1ccc2c(n1)CCC(=O)N2Cc1cccc(C(F)(F)F)c1. The molecule has 0 saturated carbocycles. The van der Waals surface area contributed by atoms with Crippen LogP contribution >= 0.6 is 0 Å². The van der Waals surface area contributed by atoms with Crippen molar-refractivity contribution in [1.29, 1.82) is 0 Å². The summed E-state index contributed by atoms with van der Waals surface area (Å²) < 4.78 is 39.0. The van der Waals surface area contributed by atoms with Gasteiger partial charge >= 0.3 is 12.2 Å². The molecule has 0 fully saturated rings. The number of carbonyl (C=O) groups excluding carboxylic acids is 2. The summed E-state index contributed by atoms with van der Waals surface area (Å²) in [5, 5.41) is 5.43. The quantitative estimate of drug-likeness (QED) is 0.768. The Morgan fingerprint density at radius 3 is 2.53 bits per heavy atom. The van der Waals surface area contributed by atoms with Crippen molar-refractivity contribution in [2.24, 2.45) is 0 Å². The predicted octanol–water partition coefficient (Wildman–Crippen LogP) is 4.50. The molecule has 0 atom stereocenters. The van der Waals surface area contributed by atoms with Gasteiger partial charge in [-0.05, 0) is 50.6 Å². The molecule has 0 aliphatic carbocycles. The number of alkyl halides is 3. The minimum Gasteiger partial charge on any atom is -0.333 e. The number of rotatable bonds is 3. The summed E-state index contributed by atoms with van der Waals surface area (Å²) in [6.45, 7) is 5.56. The molecule has 3 rings (SSSR count). The van der Waals surface area contributed by atoms with Gasteiger partial charge in [0.05, 0.1) is 23.5 Å². The Kier molecular flexibility index (Phi) is 5.74. The number of benzene rings is 1. The Bertz CT molecular complexity index is 967. The lowest BCUT2D eigenvalue weighted by atomic mass is 10.0. The molecule has 6 nitrogen and oxygen atoms in total. The Morgan fingerprint density at radius 2 is 1.87 bits per heavy atom. The van der Waals surface area contributed by atoms with Crippen LogP contribution in [0.2, 0.25) is 0 Å². The van der Waals surface area contributed by atoms with Crippen LogP contribution in [0.5, 0.6) is 0 Å². The maximum absolute atomic E-state index is 13.0. The van der Waals surface area contributed by atoms with Gasteiger partial charge in [0, 0.05) is 18.4 Å². The molecule has 2 aromatic rings. The number of anilines is 2. The summed E-state index contributed by atoms with van der Waals surface area (Å²) in [5.41, 5.74) is 0.345. The molecule has 0 unspecified atom stereocenters. The third kappa shape index (κ3) is 5.28. The zero-order chi connectivity index (χ0) is 22.1. The van der Waals surface area contributed by atoms with Crippen molar-refractivity contribution >= 4 is 23.4 Å². The van der Waals surface area contributed by atoms with Gasteiger partial charge in [-0.3, -0.25) is 10.1 Å². The molecule has 1 aromatic heterocycles. The first-order chi connectivity index (χ1) is 13.9. The number of urea groups is 1. The van der Waals surface area contributed by atoms with Crippen LogP contribution in [-0.4, -0.2) is 22.5 Å². The Hall–Kier alpha value is -3.10. The summed E-state index contributed by atoms with van der Waals surface area (Å²) in [5.74, 6) is 0.150. The first kappa shape index (κ1) is 21.6. The first-order valence-corrected chi connectivity index (χ1v) is 9.48. The van der Waals surface area contributed by atoms with Gasteiger partial charge in [0.2, 0.25) is 5.91 Å². The third-order valence-corrected chi connectivity index (χ3v) is 4.44. The van der Waals surface area contributed by atoms with Crippen LogP contribution in [0.4, 0.5) is 29.5 Å². The number of hydrogen-bond acceptors (Lipinski definition) is 3. The monoisotopic (exact) mass is 420 g/mol. The van der Waals surface area contributed by atoms with Crippen LogP contribution in [0.25, 0.3) is 0 Å². The van der Waals surface area contributed by atoms with Gasteiger partial charge in [0.15, 0.2) is 0 Å². The van der Waals surface area contributed by atoms with Crippen LogP contribution in [0.15, 0.2) is 36.4 Å². The second-order valence-corrected chi connectivity index (χ2v) is 8.17. The van der Waals surface area contributed by atoms with E-state index in [1.807, 2.05) is 20.8 Å². The molecule has 2 N–H and O–H groups in total. The summed E-state index contributed by atoms with van der Waals surface area (Å²) >= 11 is 0. The Balaban J connectivity index is 1.81. The van der Waals surface area contributed by atoms with E-state index in [-0.39, 0.29) is 18.9 Å². The van der Waals surface area contributed by atoms with Crippen LogP contribution in [0, 0.1) is 0 Å². The van der Waals surface area contributed by atoms with Crippen LogP contribution in [-0.2, 0) is 23.9 Å². The molecule has 0 saturated heterocycles. The molecule has 0 spiro atoms. The molecule has 1 aliphatic rings. The highest BCUT2D eigenvalue weighted by atomic mass is 19.4. The fraction of sp³-hybridized carbons (Fsp3) is 0.381. The van der Waals surface area contributed by atoms with Crippen molar-refractivity contribution in [3.63, 3.8) is 0 Å². The fourth-order valence-corrected chi connectivity index (χ4v) is 3.18. The average molecular weight is 420 g/mol. The normalized spacial score (nSPS) is 14.3. The molecule has 160 valence electrons.